The Morgan fingerprint density at radius 2 is 2.05 bits per heavy atom. The first-order valence-corrected chi connectivity index (χ1v) is 5.52. The molecular weight excluding hydrogens is 268 g/mol. The molecule has 0 aliphatic heterocycles. The Labute approximate surface area is 110 Å². The number of nitrogens with zero attached hydrogens (tertiary/aromatic N) is 4. The fraction of sp³-hybridized carbons (Fsp3) is 0. The number of hydrogen-bond donors (Lipinski definition) is 1. The maximum absolute atomic E-state index is 13.5. The van der Waals surface area contributed by atoms with Crippen molar-refractivity contribution in [3.63, 3.8) is 0 Å². The minimum atomic E-state index is -1.05. The molecule has 3 aromatic rings. The number of fused-ring (bicyclic) bond motifs is 1. The number of aromatic nitrogens is 4. The van der Waals surface area contributed by atoms with Crippen LogP contribution in [-0.2, 0) is 0 Å². The van der Waals surface area contributed by atoms with Gasteiger partial charge >= 0.3 is 0 Å². The molecule has 0 saturated heterocycles. The SMILES string of the molecule is Nc1ncn(C(=O)c2cnc3c(F)c(F)ccc3c2)n1. The van der Waals surface area contributed by atoms with E-state index in [4.69, 9.17) is 5.73 Å². The van der Waals surface area contributed by atoms with Gasteiger partial charge in [-0.05, 0) is 18.2 Å². The summed E-state index contributed by atoms with van der Waals surface area (Å²) in [6, 6.07) is 3.71. The van der Waals surface area contributed by atoms with Crippen molar-refractivity contribution < 1.29 is 13.6 Å². The third-order valence-electron chi connectivity index (χ3n) is 2.71. The minimum absolute atomic E-state index is 0.0415. The van der Waals surface area contributed by atoms with Gasteiger partial charge in [0.15, 0.2) is 11.6 Å². The molecule has 0 unspecified atom stereocenters. The van der Waals surface area contributed by atoms with Crippen LogP contribution in [0.2, 0.25) is 0 Å². The summed E-state index contributed by atoms with van der Waals surface area (Å²) in [5.41, 5.74) is 5.34. The third kappa shape index (κ3) is 1.87. The molecule has 0 fully saturated rings. The van der Waals surface area contributed by atoms with Crippen molar-refractivity contribution >= 4 is 22.8 Å². The molecule has 0 amide bonds. The van der Waals surface area contributed by atoms with E-state index in [2.05, 4.69) is 15.1 Å². The highest BCUT2D eigenvalue weighted by Crippen LogP contribution is 2.19. The number of benzene rings is 1. The quantitative estimate of drug-likeness (QED) is 0.725. The van der Waals surface area contributed by atoms with Crippen LogP contribution in [0.1, 0.15) is 10.4 Å². The van der Waals surface area contributed by atoms with Crippen molar-refractivity contribution in [1.82, 2.24) is 19.7 Å². The molecule has 2 aromatic heterocycles. The van der Waals surface area contributed by atoms with Gasteiger partial charge in [-0.3, -0.25) is 9.78 Å². The van der Waals surface area contributed by atoms with Gasteiger partial charge in [-0.25, -0.2) is 13.8 Å². The molecule has 0 saturated carbocycles. The second kappa shape index (κ2) is 4.34. The molecule has 6 nitrogen and oxygen atoms in total. The van der Waals surface area contributed by atoms with Crippen molar-refractivity contribution in [2.75, 3.05) is 5.73 Å². The Balaban J connectivity index is 2.10. The second-order valence-electron chi connectivity index (χ2n) is 4.01. The van der Waals surface area contributed by atoms with E-state index >= 15 is 0 Å². The molecule has 0 radical (unpaired) electrons. The molecule has 100 valence electrons. The van der Waals surface area contributed by atoms with Crippen LogP contribution in [-0.4, -0.2) is 25.7 Å². The molecular formula is C12H7F2N5O. The number of carbonyl (C=O) groups excluding carboxylic acids is 1. The Bertz CT molecular complexity index is 830. The van der Waals surface area contributed by atoms with Gasteiger partial charge in [0.1, 0.15) is 11.8 Å². The summed E-state index contributed by atoms with van der Waals surface area (Å²) in [6.45, 7) is 0. The maximum atomic E-state index is 13.5. The molecule has 20 heavy (non-hydrogen) atoms. The van der Waals surface area contributed by atoms with Crippen molar-refractivity contribution in [1.29, 1.82) is 0 Å². The molecule has 0 atom stereocenters. The Morgan fingerprint density at radius 3 is 2.75 bits per heavy atom. The topological polar surface area (TPSA) is 86.7 Å². The lowest BCUT2D eigenvalue weighted by Crippen LogP contribution is -2.13. The number of hydrogen-bond acceptors (Lipinski definition) is 5. The van der Waals surface area contributed by atoms with E-state index in [0.29, 0.717) is 5.39 Å². The molecule has 0 aliphatic rings. The largest absolute Gasteiger partial charge is 0.366 e. The van der Waals surface area contributed by atoms with Gasteiger partial charge in [0.05, 0.1) is 5.56 Å². The van der Waals surface area contributed by atoms with Crippen LogP contribution in [0.5, 0.6) is 0 Å². The molecule has 3 rings (SSSR count). The number of nitrogen functional groups attached to an aromatic ring is 1. The number of halogens is 2. The van der Waals surface area contributed by atoms with Crippen LogP contribution < -0.4 is 5.73 Å². The average Bonchev–Trinajstić information content (AvgIpc) is 2.88. The fourth-order valence-electron chi connectivity index (χ4n) is 1.76. The first kappa shape index (κ1) is 12.2. The van der Waals surface area contributed by atoms with E-state index in [0.717, 1.165) is 23.3 Å². The van der Waals surface area contributed by atoms with E-state index < -0.39 is 17.5 Å². The van der Waals surface area contributed by atoms with Crippen LogP contribution in [0.15, 0.2) is 30.7 Å². The lowest BCUT2D eigenvalue weighted by atomic mass is 10.1. The van der Waals surface area contributed by atoms with Gasteiger partial charge < -0.3 is 5.73 Å². The minimum Gasteiger partial charge on any atom is -0.366 e. The van der Waals surface area contributed by atoms with Crippen molar-refractivity contribution in [2.24, 2.45) is 0 Å². The smallest absolute Gasteiger partial charge is 0.281 e. The summed E-state index contributed by atoms with van der Waals surface area (Å²) in [4.78, 5) is 19.4. The van der Waals surface area contributed by atoms with E-state index in [-0.39, 0.29) is 17.0 Å². The Hall–Kier alpha value is -2.90. The maximum Gasteiger partial charge on any atom is 0.281 e. The molecule has 2 heterocycles. The molecule has 2 N–H and O–H groups in total. The summed E-state index contributed by atoms with van der Waals surface area (Å²) in [6.07, 6.45) is 2.30. The average molecular weight is 275 g/mol. The number of nitrogens with two attached hydrogens (primary N) is 1. The Kier molecular flexibility index (Phi) is 2.63. The zero-order valence-electron chi connectivity index (χ0n) is 9.92. The summed E-state index contributed by atoms with van der Waals surface area (Å²) < 4.78 is 27.5. The predicted octanol–water partition coefficient (Wildman–Crippen LogP) is 1.38. The normalized spacial score (nSPS) is 10.9. The van der Waals surface area contributed by atoms with Crippen LogP contribution >= 0.6 is 0 Å². The number of carbonyl (C=O) groups is 1. The van der Waals surface area contributed by atoms with E-state index in [9.17, 15) is 13.6 Å². The van der Waals surface area contributed by atoms with Gasteiger partial charge in [0.2, 0.25) is 5.95 Å². The van der Waals surface area contributed by atoms with Crippen LogP contribution in [0.4, 0.5) is 14.7 Å². The summed E-state index contributed by atoms with van der Waals surface area (Å²) in [5, 5.41) is 3.98. The van der Waals surface area contributed by atoms with E-state index in [1.165, 1.54) is 12.1 Å². The van der Waals surface area contributed by atoms with Gasteiger partial charge in [0, 0.05) is 11.6 Å². The van der Waals surface area contributed by atoms with E-state index in [1.54, 1.807) is 0 Å². The van der Waals surface area contributed by atoms with Crippen LogP contribution in [0.3, 0.4) is 0 Å². The highest BCUT2D eigenvalue weighted by molar-refractivity contribution is 5.98. The van der Waals surface area contributed by atoms with Gasteiger partial charge in [0.25, 0.3) is 5.91 Å². The monoisotopic (exact) mass is 275 g/mol. The highest BCUT2D eigenvalue weighted by atomic mass is 19.2. The molecule has 1 aromatic carbocycles. The van der Waals surface area contributed by atoms with Gasteiger partial charge in [-0.1, -0.05) is 0 Å². The molecule has 8 heteroatoms. The number of anilines is 1. The zero-order valence-corrected chi connectivity index (χ0v) is 9.92. The number of pyridine rings is 1. The summed E-state index contributed by atoms with van der Waals surface area (Å²) in [5.74, 6) is -2.60. The van der Waals surface area contributed by atoms with Crippen molar-refractivity contribution in [3.05, 3.63) is 47.9 Å². The zero-order chi connectivity index (χ0) is 14.3. The van der Waals surface area contributed by atoms with Crippen LogP contribution in [0.25, 0.3) is 10.9 Å². The van der Waals surface area contributed by atoms with Gasteiger partial charge in [-0.15, -0.1) is 5.10 Å². The van der Waals surface area contributed by atoms with Crippen molar-refractivity contribution in [3.8, 4) is 0 Å². The second-order valence-corrected chi connectivity index (χ2v) is 4.01. The third-order valence-corrected chi connectivity index (χ3v) is 2.71. The fourth-order valence-corrected chi connectivity index (χ4v) is 1.76. The first-order valence-electron chi connectivity index (χ1n) is 5.52. The lowest BCUT2D eigenvalue weighted by Gasteiger charge is -2.03. The highest BCUT2D eigenvalue weighted by Gasteiger charge is 2.14. The Morgan fingerprint density at radius 1 is 1.25 bits per heavy atom. The summed E-state index contributed by atoms with van der Waals surface area (Å²) in [7, 11) is 0. The van der Waals surface area contributed by atoms with Crippen LogP contribution in [0, 0.1) is 11.6 Å². The van der Waals surface area contributed by atoms with Crippen molar-refractivity contribution in [2.45, 2.75) is 0 Å². The number of rotatable bonds is 1. The van der Waals surface area contributed by atoms with E-state index in [1.807, 2.05) is 0 Å². The van der Waals surface area contributed by atoms with Gasteiger partial charge in [-0.2, -0.15) is 4.68 Å². The summed E-state index contributed by atoms with van der Waals surface area (Å²) >= 11 is 0. The lowest BCUT2D eigenvalue weighted by molar-refractivity contribution is 0.0945. The predicted molar refractivity (Wildman–Crippen MR) is 65.8 cm³/mol. The molecule has 0 aliphatic carbocycles. The molecule has 0 bridgehead atoms. The first-order chi connectivity index (χ1) is 9.56. The molecule has 0 spiro atoms. The standard InChI is InChI=1S/C12H7F2N5O/c13-8-2-1-6-3-7(4-16-10(6)9(8)14)11(20)19-5-17-12(15)18-19/h1-5H,(H2,15,18).